The van der Waals surface area contributed by atoms with Crippen LogP contribution >= 0.6 is 11.8 Å². The van der Waals surface area contributed by atoms with Crippen molar-refractivity contribution < 1.29 is 9.18 Å². The molecule has 0 bridgehead atoms. The number of carbonyl (C=O) groups excluding carboxylic acids is 1. The van der Waals surface area contributed by atoms with Crippen LogP contribution in [0.15, 0.2) is 83.9 Å². The van der Waals surface area contributed by atoms with Gasteiger partial charge in [-0.2, -0.15) is 0 Å². The summed E-state index contributed by atoms with van der Waals surface area (Å²) in [6.45, 7) is 3.73. The smallest absolute Gasteiger partial charge is 0.233 e. The molecule has 1 aromatic heterocycles. The summed E-state index contributed by atoms with van der Waals surface area (Å²) in [6, 6.07) is 23.8. The molecular formula is C25H22FN3OS. The summed E-state index contributed by atoms with van der Waals surface area (Å²) in [5.74, 6) is -0.407. The zero-order valence-corrected chi connectivity index (χ0v) is 18.1. The quantitative estimate of drug-likeness (QED) is 0.392. The monoisotopic (exact) mass is 431 g/mol. The van der Waals surface area contributed by atoms with Crippen molar-refractivity contribution in [3.8, 4) is 11.3 Å². The van der Waals surface area contributed by atoms with Gasteiger partial charge in [0.2, 0.25) is 5.91 Å². The first-order valence-corrected chi connectivity index (χ1v) is 10.9. The Bertz CT molecular complexity index is 1200. The van der Waals surface area contributed by atoms with Crippen molar-refractivity contribution in [3.63, 3.8) is 0 Å². The number of hydrogen-bond donors (Lipinski definition) is 1. The molecule has 0 saturated carbocycles. The van der Waals surface area contributed by atoms with Gasteiger partial charge >= 0.3 is 0 Å². The van der Waals surface area contributed by atoms with Crippen LogP contribution < -0.4 is 5.32 Å². The van der Waals surface area contributed by atoms with E-state index in [1.165, 1.54) is 23.9 Å². The average Bonchev–Trinajstić information content (AvgIpc) is 2.80. The van der Waals surface area contributed by atoms with Gasteiger partial charge in [0.05, 0.1) is 11.3 Å². The Morgan fingerprint density at radius 2 is 1.52 bits per heavy atom. The molecule has 0 aliphatic heterocycles. The minimum atomic E-state index is -0.372. The normalized spacial score (nSPS) is 13.0. The number of halogens is 1. The zero-order chi connectivity index (χ0) is 21.8. The number of carbonyl (C=O) groups is 1. The van der Waals surface area contributed by atoms with Crippen LogP contribution in [0, 0.1) is 5.82 Å². The van der Waals surface area contributed by atoms with E-state index in [1.54, 1.807) is 12.1 Å². The molecule has 0 saturated heterocycles. The van der Waals surface area contributed by atoms with Gasteiger partial charge in [0, 0.05) is 16.3 Å². The largest absolute Gasteiger partial charge is 0.349 e. The van der Waals surface area contributed by atoms with Crippen LogP contribution in [0.1, 0.15) is 25.5 Å². The van der Waals surface area contributed by atoms with Gasteiger partial charge < -0.3 is 5.32 Å². The third kappa shape index (κ3) is 4.75. The predicted octanol–water partition coefficient (Wildman–Crippen LogP) is 5.79. The molecule has 4 rings (SSSR count). The highest BCUT2D eigenvalue weighted by Crippen LogP contribution is 2.33. The number of nitrogens with one attached hydrogen (secondary N) is 1. The lowest BCUT2D eigenvalue weighted by atomic mass is 10.1. The van der Waals surface area contributed by atoms with Gasteiger partial charge in [-0.1, -0.05) is 78.5 Å². The number of nitrogens with zero attached hydrogens (tertiary/aromatic N) is 2. The molecule has 2 atom stereocenters. The van der Waals surface area contributed by atoms with Crippen molar-refractivity contribution in [2.45, 2.75) is 30.2 Å². The molecule has 0 radical (unpaired) electrons. The van der Waals surface area contributed by atoms with E-state index in [-0.39, 0.29) is 23.0 Å². The van der Waals surface area contributed by atoms with Gasteiger partial charge in [0.25, 0.3) is 0 Å². The van der Waals surface area contributed by atoms with Crippen molar-refractivity contribution in [1.29, 1.82) is 0 Å². The van der Waals surface area contributed by atoms with E-state index in [9.17, 15) is 9.18 Å². The highest BCUT2D eigenvalue weighted by molar-refractivity contribution is 8.00. The van der Waals surface area contributed by atoms with Crippen LogP contribution in [0.3, 0.4) is 0 Å². The SMILES string of the molecule is C[C@H](Sc1nnc(-c2ccccc2)c2ccccc12)C(=O)N[C@H](C)c1ccc(F)cc1. The topological polar surface area (TPSA) is 54.9 Å². The standard InChI is InChI=1S/C25H22FN3OS/c1-16(18-12-14-20(26)15-13-18)27-24(30)17(2)31-25-22-11-7-6-10-21(22)23(28-29-25)19-8-4-3-5-9-19/h3-17H,1-2H3,(H,27,30)/t16-,17+/m1/s1. The fraction of sp³-hybridized carbons (Fsp3) is 0.160. The highest BCUT2D eigenvalue weighted by Gasteiger charge is 2.20. The minimum Gasteiger partial charge on any atom is -0.349 e. The molecule has 0 aliphatic carbocycles. The fourth-order valence-electron chi connectivity index (χ4n) is 3.36. The second-order valence-corrected chi connectivity index (χ2v) is 8.64. The van der Waals surface area contributed by atoms with Crippen LogP contribution in [-0.4, -0.2) is 21.4 Å². The molecule has 1 N–H and O–H groups in total. The summed E-state index contributed by atoms with van der Waals surface area (Å²) >= 11 is 1.38. The Morgan fingerprint density at radius 3 is 2.23 bits per heavy atom. The third-order valence-electron chi connectivity index (χ3n) is 5.09. The molecule has 0 unspecified atom stereocenters. The number of thioether (sulfide) groups is 1. The Balaban J connectivity index is 1.54. The Kier molecular flexibility index (Phi) is 6.28. The number of fused-ring (bicyclic) bond motifs is 1. The van der Waals surface area contributed by atoms with E-state index in [1.807, 2.05) is 68.4 Å². The zero-order valence-electron chi connectivity index (χ0n) is 17.2. The summed E-state index contributed by atoms with van der Waals surface area (Å²) in [6.07, 6.45) is 0. The van der Waals surface area contributed by atoms with Gasteiger partial charge in [-0.3, -0.25) is 4.79 Å². The van der Waals surface area contributed by atoms with Gasteiger partial charge in [-0.15, -0.1) is 10.2 Å². The number of hydrogen-bond acceptors (Lipinski definition) is 4. The van der Waals surface area contributed by atoms with Crippen LogP contribution in [0.25, 0.3) is 22.0 Å². The molecule has 0 aliphatic rings. The summed E-state index contributed by atoms with van der Waals surface area (Å²) < 4.78 is 13.1. The van der Waals surface area contributed by atoms with Gasteiger partial charge in [-0.05, 0) is 31.5 Å². The van der Waals surface area contributed by atoms with E-state index in [4.69, 9.17) is 0 Å². The lowest BCUT2D eigenvalue weighted by Gasteiger charge is -2.18. The molecule has 1 amide bonds. The average molecular weight is 432 g/mol. The van der Waals surface area contributed by atoms with Crippen LogP contribution in [-0.2, 0) is 4.79 Å². The number of rotatable bonds is 6. The van der Waals surface area contributed by atoms with Crippen LogP contribution in [0.2, 0.25) is 0 Å². The number of aromatic nitrogens is 2. The highest BCUT2D eigenvalue weighted by atomic mass is 32.2. The lowest BCUT2D eigenvalue weighted by Crippen LogP contribution is -2.33. The molecule has 4 nitrogen and oxygen atoms in total. The molecule has 156 valence electrons. The first-order chi connectivity index (χ1) is 15.0. The predicted molar refractivity (Wildman–Crippen MR) is 123 cm³/mol. The maximum atomic E-state index is 13.1. The fourth-order valence-corrected chi connectivity index (χ4v) is 4.26. The maximum absolute atomic E-state index is 13.1. The maximum Gasteiger partial charge on any atom is 0.233 e. The van der Waals surface area contributed by atoms with Gasteiger partial charge in [0.1, 0.15) is 16.5 Å². The van der Waals surface area contributed by atoms with E-state index < -0.39 is 0 Å². The van der Waals surface area contributed by atoms with E-state index in [0.29, 0.717) is 5.03 Å². The summed E-state index contributed by atoms with van der Waals surface area (Å²) in [7, 11) is 0. The summed E-state index contributed by atoms with van der Waals surface area (Å²) in [4.78, 5) is 12.8. The van der Waals surface area contributed by atoms with Crippen LogP contribution in [0.5, 0.6) is 0 Å². The van der Waals surface area contributed by atoms with Crippen molar-refractivity contribution in [2.24, 2.45) is 0 Å². The van der Waals surface area contributed by atoms with Gasteiger partial charge in [-0.25, -0.2) is 4.39 Å². The number of benzene rings is 3. The molecule has 1 heterocycles. The Labute approximate surface area is 184 Å². The Morgan fingerprint density at radius 1 is 0.871 bits per heavy atom. The van der Waals surface area contributed by atoms with Crippen molar-refractivity contribution in [3.05, 3.63) is 90.2 Å². The molecule has 0 fully saturated rings. The van der Waals surface area contributed by atoms with Crippen LogP contribution in [0.4, 0.5) is 4.39 Å². The van der Waals surface area contributed by atoms with E-state index >= 15 is 0 Å². The molecule has 0 spiro atoms. The summed E-state index contributed by atoms with van der Waals surface area (Å²) in [5, 5.41) is 14.2. The second-order valence-electron chi connectivity index (χ2n) is 7.31. The number of amides is 1. The minimum absolute atomic E-state index is 0.111. The molecule has 4 aromatic rings. The molecule has 31 heavy (non-hydrogen) atoms. The Hall–Kier alpha value is -3.25. The van der Waals surface area contributed by atoms with Crippen molar-refractivity contribution >= 4 is 28.4 Å². The van der Waals surface area contributed by atoms with Crippen molar-refractivity contribution in [2.75, 3.05) is 0 Å². The second kappa shape index (κ2) is 9.27. The molecule has 3 aromatic carbocycles. The molecule has 6 heteroatoms. The van der Waals surface area contributed by atoms with Crippen molar-refractivity contribution in [1.82, 2.24) is 15.5 Å². The molecular weight excluding hydrogens is 409 g/mol. The first-order valence-electron chi connectivity index (χ1n) is 10.1. The van der Waals surface area contributed by atoms with Gasteiger partial charge in [0.15, 0.2) is 0 Å². The first kappa shape index (κ1) is 21.0. The summed E-state index contributed by atoms with van der Waals surface area (Å²) in [5.41, 5.74) is 2.67. The lowest BCUT2D eigenvalue weighted by molar-refractivity contribution is -0.120. The van der Waals surface area contributed by atoms with E-state index in [0.717, 1.165) is 27.6 Å². The third-order valence-corrected chi connectivity index (χ3v) is 6.18. The van der Waals surface area contributed by atoms with E-state index in [2.05, 4.69) is 15.5 Å².